The van der Waals surface area contributed by atoms with Crippen LogP contribution in [-0.4, -0.2) is 29.7 Å². The second-order valence-corrected chi connectivity index (χ2v) is 11.3. The minimum atomic E-state index is -0.724. The van der Waals surface area contributed by atoms with Crippen LogP contribution in [0.25, 0.3) is 0 Å². The topological polar surface area (TPSA) is 89.5 Å². The molecule has 40 heavy (non-hydrogen) atoms. The van der Waals surface area contributed by atoms with Crippen molar-refractivity contribution in [2.75, 3.05) is 0 Å². The third-order valence-electron chi connectivity index (χ3n) is 5.79. The maximum absolute atomic E-state index is 12.6. The molecule has 0 fully saturated rings. The van der Waals surface area contributed by atoms with E-state index in [2.05, 4.69) is 66.9 Å². The van der Waals surface area contributed by atoms with Gasteiger partial charge in [0.05, 0.1) is 12.5 Å². The molecule has 0 aliphatic carbocycles. The van der Waals surface area contributed by atoms with E-state index in [1.165, 1.54) is 0 Å². The number of allylic oxidation sites excluding steroid dienone is 10. The van der Waals surface area contributed by atoms with Gasteiger partial charge in [0, 0.05) is 18.3 Å². The Balaban J connectivity index is 4.06. The standard InChI is InChI=1S/C34H53NO5/c1-7-8-9-10-11-12-13-14-15-16-17-18-19-20-21-22-23-24-31(37)40-32(38)26-25-30(36)35-29(27-28(2)3)33(39)34(4,5)6/h8-9,11-12,14-15,17-18,20-21,28-29H,7,10,13,16,19,22-27H2,1-6H3,(H,35,36)/b9-8-,12-11-,15-14-,18-17-,21-20-. The summed E-state index contributed by atoms with van der Waals surface area (Å²) in [5, 5.41) is 2.75. The van der Waals surface area contributed by atoms with Crippen molar-refractivity contribution in [1.82, 2.24) is 5.32 Å². The average molecular weight is 556 g/mol. The van der Waals surface area contributed by atoms with E-state index in [1.54, 1.807) is 0 Å². The molecule has 0 bridgehead atoms. The molecule has 0 saturated carbocycles. The highest BCUT2D eigenvalue weighted by Gasteiger charge is 2.31. The molecular formula is C34H53NO5. The van der Waals surface area contributed by atoms with Crippen LogP contribution < -0.4 is 5.32 Å². The van der Waals surface area contributed by atoms with Crippen molar-refractivity contribution < 1.29 is 23.9 Å². The molecular weight excluding hydrogens is 502 g/mol. The van der Waals surface area contributed by atoms with Crippen molar-refractivity contribution in [2.24, 2.45) is 11.3 Å². The van der Waals surface area contributed by atoms with E-state index in [9.17, 15) is 19.2 Å². The molecule has 0 heterocycles. The summed E-state index contributed by atoms with van der Waals surface area (Å²) in [6.45, 7) is 11.6. The summed E-state index contributed by atoms with van der Waals surface area (Å²) in [7, 11) is 0. The number of Topliss-reactive ketones (excluding diaryl/α,β-unsaturated/α-hetero) is 1. The number of nitrogens with one attached hydrogen (secondary N) is 1. The van der Waals surface area contributed by atoms with Crippen LogP contribution in [0.1, 0.15) is 112 Å². The summed E-state index contributed by atoms with van der Waals surface area (Å²) in [4.78, 5) is 48.9. The Bertz CT molecular complexity index is 900. The number of hydrogen-bond donors (Lipinski definition) is 1. The molecule has 0 rings (SSSR count). The Labute approximate surface area is 243 Å². The van der Waals surface area contributed by atoms with Crippen LogP contribution in [0.5, 0.6) is 0 Å². The Morgan fingerprint density at radius 2 is 1.18 bits per heavy atom. The molecule has 0 saturated heterocycles. The Morgan fingerprint density at radius 3 is 1.65 bits per heavy atom. The van der Waals surface area contributed by atoms with Gasteiger partial charge in [-0.05, 0) is 57.3 Å². The molecule has 0 aromatic rings. The minimum Gasteiger partial charge on any atom is -0.393 e. The summed E-state index contributed by atoms with van der Waals surface area (Å²) in [6, 6.07) is -0.596. The molecule has 6 nitrogen and oxygen atoms in total. The first-order valence-electron chi connectivity index (χ1n) is 14.8. The highest BCUT2D eigenvalue weighted by molar-refractivity contribution is 5.93. The van der Waals surface area contributed by atoms with Gasteiger partial charge in [0.2, 0.25) is 5.91 Å². The summed E-state index contributed by atoms with van der Waals surface area (Å²) in [6.07, 6.45) is 27.8. The number of carbonyl (C=O) groups excluding carboxylic acids is 4. The molecule has 1 unspecified atom stereocenters. The molecule has 0 aromatic heterocycles. The van der Waals surface area contributed by atoms with Gasteiger partial charge in [-0.3, -0.25) is 19.2 Å². The summed E-state index contributed by atoms with van der Waals surface area (Å²) < 4.78 is 4.83. The van der Waals surface area contributed by atoms with Crippen LogP contribution >= 0.6 is 0 Å². The lowest BCUT2D eigenvalue weighted by molar-refractivity contribution is -0.160. The maximum Gasteiger partial charge on any atom is 0.313 e. The van der Waals surface area contributed by atoms with Crippen molar-refractivity contribution in [1.29, 1.82) is 0 Å². The van der Waals surface area contributed by atoms with Crippen LogP contribution in [0.15, 0.2) is 60.8 Å². The molecule has 6 heteroatoms. The fourth-order valence-electron chi connectivity index (χ4n) is 3.67. The van der Waals surface area contributed by atoms with Crippen molar-refractivity contribution in [3.8, 4) is 0 Å². The predicted octanol–water partition coefficient (Wildman–Crippen LogP) is 7.90. The Morgan fingerprint density at radius 1 is 0.700 bits per heavy atom. The van der Waals surface area contributed by atoms with Crippen LogP contribution in [0.4, 0.5) is 0 Å². The van der Waals surface area contributed by atoms with Crippen LogP contribution in [0.2, 0.25) is 0 Å². The van der Waals surface area contributed by atoms with Crippen molar-refractivity contribution in [3.05, 3.63) is 60.8 Å². The second-order valence-electron chi connectivity index (χ2n) is 11.3. The molecule has 0 aromatic carbocycles. The van der Waals surface area contributed by atoms with Gasteiger partial charge >= 0.3 is 11.9 Å². The monoisotopic (exact) mass is 555 g/mol. The number of hydrogen-bond acceptors (Lipinski definition) is 5. The number of unbranched alkanes of at least 4 members (excludes halogenated alkanes) is 1. The first-order valence-corrected chi connectivity index (χ1v) is 14.8. The molecule has 0 aliphatic rings. The quantitative estimate of drug-likeness (QED) is 0.0714. The van der Waals surface area contributed by atoms with E-state index < -0.39 is 29.3 Å². The molecule has 0 radical (unpaired) electrons. The third-order valence-corrected chi connectivity index (χ3v) is 5.79. The van der Waals surface area contributed by atoms with Crippen molar-refractivity contribution in [3.63, 3.8) is 0 Å². The average Bonchev–Trinajstić information content (AvgIpc) is 2.87. The van der Waals surface area contributed by atoms with Crippen LogP contribution in [-0.2, 0) is 23.9 Å². The number of amides is 1. The zero-order valence-corrected chi connectivity index (χ0v) is 25.7. The fraction of sp³-hybridized carbons (Fsp3) is 0.588. The van der Waals surface area contributed by atoms with E-state index in [0.29, 0.717) is 12.8 Å². The highest BCUT2D eigenvalue weighted by Crippen LogP contribution is 2.20. The lowest BCUT2D eigenvalue weighted by atomic mass is 9.83. The zero-order valence-electron chi connectivity index (χ0n) is 25.7. The number of ketones is 1. The summed E-state index contributed by atoms with van der Waals surface area (Å²) >= 11 is 0. The molecule has 1 amide bonds. The smallest absolute Gasteiger partial charge is 0.313 e. The fourth-order valence-corrected chi connectivity index (χ4v) is 3.67. The second kappa shape index (κ2) is 22.8. The molecule has 224 valence electrons. The van der Waals surface area contributed by atoms with E-state index >= 15 is 0 Å². The summed E-state index contributed by atoms with van der Waals surface area (Å²) in [5.41, 5.74) is -0.579. The molecule has 1 N–H and O–H groups in total. The van der Waals surface area contributed by atoms with Gasteiger partial charge in [0.1, 0.15) is 0 Å². The van der Waals surface area contributed by atoms with E-state index in [0.717, 1.165) is 38.5 Å². The van der Waals surface area contributed by atoms with Gasteiger partial charge < -0.3 is 10.1 Å². The molecule has 1 atom stereocenters. The van der Waals surface area contributed by atoms with Crippen LogP contribution in [0.3, 0.4) is 0 Å². The normalized spacial score (nSPS) is 13.4. The first kappa shape index (κ1) is 37.0. The number of rotatable bonds is 20. The maximum atomic E-state index is 12.6. The molecule has 0 spiro atoms. The van der Waals surface area contributed by atoms with Gasteiger partial charge in [-0.15, -0.1) is 0 Å². The van der Waals surface area contributed by atoms with E-state index in [1.807, 2.05) is 40.7 Å². The highest BCUT2D eigenvalue weighted by atomic mass is 16.6. The third kappa shape index (κ3) is 21.9. The van der Waals surface area contributed by atoms with Gasteiger partial charge in [-0.1, -0.05) is 102 Å². The van der Waals surface area contributed by atoms with Gasteiger partial charge in [-0.2, -0.15) is 0 Å². The first-order chi connectivity index (χ1) is 19.0. The minimum absolute atomic E-state index is 0.0418. The van der Waals surface area contributed by atoms with Gasteiger partial charge in [0.25, 0.3) is 0 Å². The zero-order chi connectivity index (χ0) is 30.2. The number of esters is 2. The van der Waals surface area contributed by atoms with Gasteiger partial charge in [0.15, 0.2) is 5.78 Å². The number of carbonyl (C=O) groups is 4. The SMILES string of the molecule is CC/C=C\C/C=C\C/C=C\C/C=C\C/C=C\CCCC(=O)OC(=O)CCC(=O)NC(CC(C)C)C(=O)C(C)(C)C. The van der Waals surface area contributed by atoms with Crippen molar-refractivity contribution >= 4 is 23.6 Å². The molecule has 0 aliphatic heterocycles. The lowest BCUT2D eigenvalue weighted by Gasteiger charge is -2.26. The lowest BCUT2D eigenvalue weighted by Crippen LogP contribution is -2.46. The van der Waals surface area contributed by atoms with Gasteiger partial charge in [-0.25, -0.2) is 0 Å². The summed E-state index contributed by atoms with van der Waals surface area (Å²) in [5.74, 6) is -1.52. The van der Waals surface area contributed by atoms with Crippen molar-refractivity contribution in [2.45, 2.75) is 118 Å². The van der Waals surface area contributed by atoms with Crippen LogP contribution in [0, 0.1) is 11.3 Å². The van der Waals surface area contributed by atoms with E-state index in [4.69, 9.17) is 4.74 Å². The Kier molecular flexibility index (Phi) is 21.0. The Hall–Kier alpha value is -3.02. The van der Waals surface area contributed by atoms with E-state index in [-0.39, 0.29) is 31.0 Å². The predicted molar refractivity (Wildman–Crippen MR) is 164 cm³/mol. The number of ether oxygens (including phenoxy) is 1. The largest absolute Gasteiger partial charge is 0.393 e.